The zero-order chi connectivity index (χ0) is 14.5. The average Bonchev–Trinajstić information content (AvgIpc) is 2.50. The monoisotopic (exact) mass is 275 g/mol. The molecule has 1 amide bonds. The molecule has 2 N–H and O–H groups in total. The fourth-order valence-corrected chi connectivity index (χ4v) is 2.83. The van der Waals surface area contributed by atoms with Gasteiger partial charge in [0.05, 0.1) is 0 Å². The summed E-state index contributed by atoms with van der Waals surface area (Å²) in [6.45, 7) is 5.71. The van der Waals surface area contributed by atoms with E-state index in [0.29, 0.717) is 6.04 Å². The number of para-hydroxylation sites is 1. The molecule has 1 aliphatic rings. The summed E-state index contributed by atoms with van der Waals surface area (Å²) in [5.74, 6) is 0.115. The predicted molar refractivity (Wildman–Crippen MR) is 83.0 cm³/mol. The Morgan fingerprint density at radius 2 is 2.20 bits per heavy atom. The fourth-order valence-electron chi connectivity index (χ4n) is 2.83. The molecule has 1 aliphatic heterocycles. The van der Waals surface area contributed by atoms with Crippen molar-refractivity contribution < 1.29 is 4.79 Å². The molecule has 0 bridgehead atoms. The largest absolute Gasteiger partial charge is 0.359 e. The molecule has 0 saturated carbocycles. The van der Waals surface area contributed by atoms with Crippen LogP contribution >= 0.6 is 0 Å². The maximum Gasteiger partial charge on any atom is 0.242 e. The second-order valence-electron chi connectivity index (χ2n) is 5.35. The molecule has 0 saturated heterocycles. The molecule has 0 radical (unpaired) electrons. The Balaban J connectivity index is 2.19. The van der Waals surface area contributed by atoms with E-state index in [-0.39, 0.29) is 11.9 Å². The molecule has 2 unspecified atom stereocenters. The van der Waals surface area contributed by atoms with Crippen LogP contribution in [0.3, 0.4) is 0 Å². The fraction of sp³-hybridized carbons (Fsp3) is 0.562. The number of nitrogens with zero attached hydrogens (tertiary/aromatic N) is 1. The number of benzene rings is 1. The minimum Gasteiger partial charge on any atom is -0.359 e. The molecular weight excluding hydrogens is 250 g/mol. The molecule has 4 nitrogen and oxygen atoms in total. The van der Waals surface area contributed by atoms with E-state index < -0.39 is 0 Å². The Kier molecular flexibility index (Phi) is 5.01. The summed E-state index contributed by atoms with van der Waals surface area (Å²) in [5.41, 5.74) is 2.47. The van der Waals surface area contributed by atoms with Crippen LogP contribution in [0.1, 0.15) is 38.3 Å². The van der Waals surface area contributed by atoms with E-state index in [4.69, 9.17) is 0 Å². The molecule has 20 heavy (non-hydrogen) atoms. The summed E-state index contributed by atoms with van der Waals surface area (Å²) in [4.78, 5) is 14.4. The van der Waals surface area contributed by atoms with Crippen LogP contribution in [0.25, 0.3) is 0 Å². The van der Waals surface area contributed by atoms with Gasteiger partial charge < -0.3 is 15.5 Å². The quantitative estimate of drug-likeness (QED) is 0.864. The highest BCUT2D eigenvalue weighted by Gasteiger charge is 2.29. The van der Waals surface area contributed by atoms with Gasteiger partial charge in [-0.3, -0.25) is 4.79 Å². The van der Waals surface area contributed by atoms with Gasteiger partial charge >= 0.3 is 0 Å². The average molecular weight is 275 g/mol. The van der Waals surface area contributed by atoms with E-state index >= 15 is 0 Å². The number of nitrogens with one attached hydrogen (secondary N) is 2. The third-order valence-electron chi connectivity index (χ3n) is 4.02. The molecule has 1 aromatic carbocycles. The normalized spacial score (nSPS) is 19.4. The van der Waals surface area contributed by atoms with Crippen LogP contribution in [0.4, 0.5) is 5.69 Å². The first-order valence-electron chi connectivity index (χ1n) is 7.49. The number of carbonyl (C=O) groups excluding carboxylic acids is 1. The summed E-state index contributed by atoms with van der Waals surface area (Å²) in [6.07, 6.45) is 2.00. The smallest absolute Gasteiger partial charge is 0.242 e. The summed E-state index contributed by atoms with van der Waals surface area (Å²) in [7, 11) is 1.99. The molecule has 2 atom stereocenters. The standard InChI is InChI=1S/C16H25N3O/c1-4-10-18-16(20)12(2)19-11-9-14(17-3)13-7-5-6-8-15(13)19/h5-8,12,14,17H,4,9-11H2,1-3H3,(H,18,20). The number of carbonyl (C=O) groups is 1. The van der Waals surface area contributed by atoms with E-state index in [2.05, 4.69) is 40.7 Å². The van der Waals surface area contributed by atoms with Gasteiger partial charge in [0, 0.05) is 24.8 Å². The van der Waals surface area contributed by atoms with Crippen molar-refractivity contribution in [3.8, 4) is 0 Å². The van der Waals surface area contributed by atoms with Crippen molar-refractivity contribution in [1.29, 1.82) is 0 Å². The topological polar surface area (TPSA) is 44.4 Å². The molecule has 0 aliphatic carbocycles. The lowest BCUT2D eigenvalue weighted by Gasteiger charge is -2.38. The van der Waals surface area contributed by atoms with Gasteiger partial charge in [0.1, 0.15) is 6.04 Å². The Morgan fingerprint density at radius 1 is 1.45 bits per heavy atom. The maximum absolute atomic E-state index is 12.2. The van der Waals surface area contributed by atoms with Gasteiger partial charge in [-0.2, -0.15) is 0 Å². The first kappa shape index (κ1) is 14.9. The van der Waals surface area contributed by atoms with E-state index in [1.54, 1.807) is 0 Å². The maximum atomic E-state index is 12.2. The third kappa shape index (κ3) is 2.96. The highest BCUT2D eigenvalue weighted by Crippen LogP contribution is 2.34. The summed E-state index contributed by atoms with van der Waals surface area (Å²) in [5, 5.41) is 6.35. The molecule has 1 aromatic rings. The summed E-state index contributed by atoms with van der Waals surface area (Å²) < 4.78 is 0. The first-order valence-corrected chi connectivity index (χ1v) is 7.49. The number of rotatable bonds is 5. The van der Waals surface area contributed by atoms with Gasteiger partial charge in [0.25, 0.3) is 0 Å². The molecule has 4 heteroatoms. The van der Waals surface area contributed by atoms with Crippen LogP contribution in [0.5, 0.6) is 0 Å². The lowest BCUT2D eigenvalue weighted by molar-refractivity contribution is -0.122. The summed E-state index contributed by atoms with van der Waals surface area (Å²) in [6, 6.07) is 8.63. The Hall–Kier alpha value is -1.55. The second kappa shape index (κ2) is 6.75. The van der Waals surface area contributed by atoms with Gasteiger partial charge in [-0.25, -0.2) is 0 Å². The SMILES string of the molecule is CCCNC(=O)C(C)N1CCC(NC)c2ccccc21. The van der Waals surface area contributed by atoms with Crippen LogP contribution < -0.4 is 15.5 Å². The van der Waals surface area contributed by atoms with E-state index in [1.165, 1.54) is 11.3 Å². The van der Waals surface area contributed by atoms with Gasteiger partial charge in [0.15, 0.2) is 0 Å². The van der Waals surface area contributed by atoms with Gasteiger partial charge in [-0.05, 0) is 38.4 Å². The third-order valence-corrected chi connectivity index (χ3v) is 4.02. The Morgan fingerprint density at radius 3 is 2.90 bits per heavy atom. The molecule has 1 heterocycles. The zero-order valence-corrected chi connectivity index (χ0v) is 12.6. The number of amides is 1. The lowest BCUT2D eigenvalue weighted by atomic mass is 9.95. The minimum absolute atomic E-state index is 0.115. The van der Waals surface area contributed by atoms with Gasteiger partial charge in [-0.15, -0.1) is 0 Å². The lowest BCUT2D eigenvalue weighted by Crippen LogP contribution is -2.48. The number of hydrogen-bond donors (Lipinski definition) is 2. The van der Waals surface area contributed by atoms with Gasteiger partial charge in [-0.1, -0.05) is 25.1 Å². The molecule has 0 spiro atoms. The van der Waals surface area contributed by atoms with Crippen LogP contribution in [-0.4, -0.2) is 32.1 Å². The highest BCUT2D eigenvalue weighted by atomic mass is 16.2. The van der Waals surface area contributed by atoms with Crippen molar-refractivity contribution in [1.82, 2.24) is 10.6 Å². The van der Waals surface area contributed by atoms with Crippen LogP contribution in [-0.2, 0) is 4.79 Å². The van der Waals surface area contributed by atoms with Crippen molar-refractivity contribution >= 4 is 11.6 Å². The molecule has 0 aromatic heterocycles. The van der Waals surface area contributed by atoms with E-state index in [0.717, 1.165) is 25.9 Å². The Labute approximate surface area is 121 Å². The molecule has 110 valence electrons. The zero-order valence-electron chi connectivity index (χ0n) is 12.6. The van der Waals surface area contributed by atoms with Crippen molar-refractivity contribution in [2.24, 2.45) is 0 Å². The van der Waals surface area contributed by atoms with Crippen LogP contribution in [0.15, 0.2) is 24.3 Å². The van der Waals surface area contributed by atoms with Crippen molar-refractivity contribution in [3.63, 3.8) is 0 Å². The van der Waals surface area contributed by atoms with E-state index in [9.17, 15) is 4.79 Å². The molecule has 2 rings (SSSR count). The number of anilines is 1. The second-order valence-corrected chi connectivity index (χ2v) is 5.35. The Bertz CT molecular complexity index is 461. The van der Waals surface area contributed by atoms with E-state index in [1.807, 2.05) is 20.0 Å². The number of fused-ring (bicyclic) bond motifs is 1. The predicted octanol–water partition coefficient (Wildman–Crippen LogP) is 2.07. The van der Waals surface area contributed by atoms with Gasteiger partial charge in [0.2, 0.25) is 5.91 Å². The molecule has 0 fully saturated rings. The van der Waals surface area contributed by atoms with Crippen LogP contribution in [0, 0.1) is 0 Å². The first-order chi connectivity index (χ1) is 9.69. The van der Waals surface area contributed by atoms with Crippen molar-refractivity contribution in [2.75, 3.05) is 25.0 Å². The summed E-state index contributed by atoms with van der Waals surface area (Å²) >= 11 is 0. The molecular formula is C16H25N3O. The minimum atomic E-state index is -0.125. The number of hydrogen-bond acceptors (Lipinski definition) is 3. The van der Waals surface area contributed by atoms with Crippen LogP contribution in [0.2, 0.25) is 0 Å². The van der Waals surface area contributed by atoms with Crippen molar-refractivity contribution in [3.05, 3.63) is 29.8 Å². The highest BCUT2D eigenvalue weighted by molar-refractivity contribution is 5.85. The van der Waals surface area contributed by atoms with Crippen molar-refractivity contribution in [2.45, 2.75) is 38.8 Å².